The number of nitrogens with one attached hydrogen (secondary N) is 1. The van der Waals surface area contributed by atoms with Crippen molar-refractivity contribution < 1.29 is 4.79 Å². The predicted molar refractivity (Wildman–Crippen MR) is 60.0 cm³/mol. The van der Waals surface area contributed by atoms with Crippen LogP contribution in [0, 0.1) is 5.41 Å². The van der Waals surface area contributed by atoms with Crippen molar-refractivity contribution >= 4 is 5.91 Å². The molecule has 0 spiro atoms. The number of rotatable bonds is 5. The Labute approximate surface area is 87.4 Å². The molecule has 1 atom stereocenters. The second kappa shape index (κ2) is 6.02. The van der Waals surface area contributed by atoms with Crippen molar-refractivity contribution in [1.29, 1.82) is 0 Å². The van der Waals surface area contributed by atoms with E-state index in [1.54, 1.807) is 0 Å². The molecular weight excluding hydrogens is 176 g/mol. The van der Waals surface area contributed by atoms with Gasteiger partial charge in [-0.05, 0) is 11.8 Å². The van der Waals surface area contributed by atoms with Gasteiger partial charge in [0, 0.05) is 6.54 Å². The van der Waals surface area contributed by atoms with Crippen molar-refractivity contribution in [2.24, 2.45) is 11.1 Å². The fourth-order valence-corrected chi connectivity index (χ4v) is 1.09. The van der Waals surface area contributed by atoms with Gasteiger partial charge in [0.05, 0.1) is 6.04 Å². The van der Waals surface area contributed by atoms with Crippen molar-refractivity contribution in [3.8, 4) is 0 Å². The van der Waals surface area contributed by atoms with Gasteiger partial charge in [0.15, 0.2) is 0 Å². The zero-order chi connectivity index (χ0) is 11.2. The standard InChI is InChI=1S/C11H24N2O/c1-5-6-7-8-13-10(14)9(12)11(2,3)4/h9H,5-8,12H2,1-4H3,(H,13,14)/t9-/m1/s1. The fourth-order valence-electron chi connectivity index (χ4n) is 1.09. The molecule has 3 heteroatoms. The highest BCUT2D eigenvalue weighted by atomic mass is 16.2. The van der Waals surface area contributed by atoms with Crippen LogP contribution in [0.3, 0.4) is 0 Å². The number of amides is 1. The van der Waals surface area contributed by atoms with Crippen LogP contribution in [0.4, 0.5) is 0 Å². The Morgan fingerprint density at radius 3 is 2.36 bits per heavy atom. The highest BCUT2D eigenvalue weighted by molar-refractivity contribution is 5.82. The molecule has 0 aliphatic carbocycles. The van der Waals surface area contributed by atoms with Crippen LogP contribution in [0.15, 0.2) is 0 Å². The third-order valence-corrected chi connectivity index (χ3v) is 2.30. The molecule has 0 aromatic carbocycles. The molecule has 14 heavy (non-hydrogen) atoms. The number of nitrogens with two attached hydrogens (primary N) is 1. The Hall–Kier alpha value is -0.570. The summed E-state index contributed by atoms with van der Waals surface area (Å²) < 4.78 is 0. The average Bonchev–Trinajstić information content (AvgIpc) is 2.09. The molecule has 0 fully saturated rings. The number of hydrogen-bond donors (Lipinski definition) is 2. The molecule has 0 bridgehead atoms. The van der Waals surface area contributed by atoms with Gasteiger partial charge in [-0.25, -0.2) is 0 Å². The summed E-state index contributed by atoms with van der Waals surface area (Å²) in [5.41, 5.74) is 5.64. The fraction of sp³-hybridized carbons (Fsp3) is 0.909. The molecule has 84 valence electrons. The minimum atomic E-state index is -0.413. The van der Waals surface area contributed by atoms with E-state index in [0.717, 1.165) is 19.4 Å². The topological polar surface area (TPSA) is 55.1 Å². The van der Waals surface area contributed by atoms with E-state index in [1.165, 1.54) is 6.42 Å². The van der Waals surface area contributed by atoms with Crippen LogP contribution in [0.2, 0.25) is 0 Å². The summed E-state index contributed by atoms with van der Waals surface area (Å²) in [5, 5.41) is 2.86. The van der Waals surface area contributed by atoms with Crippen molar-refractivity contribution in [2.45, 2.75) is 53.0 Å². The van der Waals surface area contributed by atoms with E-state index in [0.29, 0.717) is 0 Å². The molecule has 0 heterocycles. The second-order valence-corrected chi connectivity index (χ2v) is 4.84. The number of carbonyl (C=O) groups is 1. The highest BCUT2D eigenvalue weighted by Crippen LogP contribution is 2.16. The normalized spacial score (nSPS) is 13.8. The maximum atomic E-state index is 11.5. The maximum Gasteiger partial charge on any atom is 0.237 e. The lowest BCUT2D eigenvalue weighted by molar-refractivity contribution is -0.124. The molecule has 0 unspecified atom stereocenters. The molecule has 0 saturated heterocycles. The quantitative estimate of drug-likeness (QED) is 0.663. The summed E-state index contributed by atoms with van der Waals surface area (Å²) in [7, 11) is 0. The van der Waals surface area contributed by atoms with Crippen LogP contribution >= 0.6 is 0 Å². The molecule has 0 saturated carbocycles. The Bertz CT molecular complexity index is 173. The van der Waals surface area contributed by atoms with E-state index in [4.69, 9.17) is 5.73 Å². The monoisotopic (exact) mass is 200 g/mol. The van der Waals surface area contributed by atoms with E-state index in [2.05, 4.69) is 12.2 Å². The largest absolute Gasteiger partial charge is 0.355 e. The van der Waals surface area contributed by atoms with Crippen LogP contribution < -0.4 is 11.1 Å². The van der Waals surface area contributed by atoms with Crippen molar-refractivity contribution in [3.05, 3.63) is 0 Å². The molecule has 0 radical (unpaired) electrons. The molecule has 0 aliphatic heterocycles. The highest BCUT2D eigenvalue weighted by Gasteiger charge is 2.26. The summed E-state index contributed by atoms with van der Waals surface area (Å²) in [6.45, 7) is 8.81. The first-order valence-corrected chi connectivity index (χ1v) is 5.43. The second-order valence-electron chi connectivity index (χ2n) is 4.84. The molecule has 3 N–H and O–H groups in total. The lowest BCUT2D eigenvalue weighted by Gasteiger charge is -2.25. The lowest BCUT2D eigenvalue weighted by Crippen LogP contribution is -2.48. The Morgan fingerprint density at radius 1 is 1.36 bits per heavy atom. The van der Waals surface area contributed by atoms with E-state index >= 15 is 0 Å². The Kier molecular flexibility index (Phi) is 5.77. The van der Waals surface area contributed by atoms with E-state index in [1.807, 2.05) is 20.8 Å². The van der Waals surface area contributed by atoms with Gasteiger partial charge in [-0.3, -0.25) is 4.79 Å². The smallest absolute Gasteiger partial charge is 0.237 e. The molecule has 0 rings (SSSR count). The van der Waals surface area contributed by atoms with Gasteiger partial charge >= 0.3 is 0 Å². The first-order chi connectivity index (χ1) is 6.39. The van der Waals surface area contributed by atoms with Crippen molar-refractivity contribution in [2.75, 3.05) is 6.54 Å². The van der Waals surface area contributed by atoms with Gasteiger partial charge in [-0.15, -0.1) is 0 Å². The SMILES string of the molecule is CCCCCNC(=O)[C@@H](N)C(C)(C)C. The summed E-state index contributed by atoms with van der Waals surface area (Å²) in [6, 6.07) is -0.413. The molecule has 3 nitrogen and oxygen atoms in total. The van der Waals surface area contributed by atoms with Crippen LogP contribution in [-0.4, -0.2) is 18.5 Å². The van der Waals surface area contributed by atoms with E-state index in [9.17, 15) is 4.79 Å². The average molecular weight is 200 g/mol. The summed E-state index contributed by atoms with van der Waals surface area (Å²) in [4.78, 5) is 11.5. The number of unbranched alkanes of at least 4 members (excludes halogenated alkanes) is 2. The molecule has 0 aromatic rings. The van der Waals surface area contributed by atoms with E-state index < -0.39 is 6.04 Å². The van der Waals surface area contributed by atoms with E-state index in [-0.39, 0.29) is 11.3 Å². The molecular formula is C11H24N2O. The molecule has 0 aromatic heterocycles. The summed E-state index contributed by atoms with van der Waals surface area (Å²) in [6.07, 6.45) is 3.37. The molecule has 1 amide bonds. The number of hydrogen-bond acceptors (Lipinski definition) is 2. The number of carbonyl (C=O) groups excluding carboxylic acids is 1. The Morgan fingerprint density at radius 2 is 1.93 bits per heavy atom. The third-order valence-electron chi connectivity index (χ3n) is 2.30. The van der Waals surface area contributed by atoms with Gasteiger partial charge in [-0.2, -0.15) is 0 Å². The summed E-state index contributed by atoms with van der Waals surface area (Å²) >= 11 is 0. The first-order valence-electron chi connectivity index (χ1n) is 5.43. The third kappa shape index (κ3) is 5.22. The van der Waals surface area contributed by atoms with Crippen LogP contribution in [0.1, 0.15) is 47.0 Å². The lowest BCUT2D eigenvalue weighted by atomic mass is 9.87. The van der Waals surface area contributed by atoms with Crippen LogP contribution in [-0.2, 0) is 4.79 Å². The minimum Gasteiger partial charge on any atom is -0.355 e. The zero-order valence-corrected chi connectivity index (χ0v) is 9.89. The Balaban J connectivity index is 3.74. The predicted octanol–water partition coefficient (Wildman–Crippen LogP) is 1.67. The van der Waals surface area contributed by atoms with Crippen LogP contribution in [0.25, 0.3) is 0 Å². The van der Waals surface area contributed by atoms with Crippen LogP contribution in [0.5, 0.6) is 0 Å². The van der Waals surface area contributed by atoms with Gasteiger partial charge in [0.1, 0.15) is 0 Å². The zero-order valence-electron chi connectivity index (χ0n) is 9.89. The van der Waals surface area contributed by atoms with Gasteiger partial charge < -0.3 is 11.1 Å². The van der Waals surface area contributed by atoms with Crippen molar-refractivity contribution in [1.82, 2.24) is 5.32 Å². The van der Waals surface area contributed by atoms with Crippen molar-refractivity contribution in [3.63, 3.8) is 0 Å². The van der Waals surface area contributed by atoms with Gasteiger partial charge in [-0.1, -0.05) is 40.5 Å². The minimum absolute atomic E-state index is 0.0337. The maximum absolute atomic E-state index is 11.5. The first kappa shape index (κ1) is 13.4. The summed E-state index contributed by atoms with van der Waals surface area (Å²) in [5.74, 6) is -0.0337. The molecule has 0 aliphatic rings. The van der Waals surface area contributed by atoms with Gasteiger partial charge in [0.2, 0.25) is 5.91 Å². The van der Waals surface area contributed by atoms with Gasteiger partial charge in [0.25, 0.3) is 0 Å².